The summed E-state index contributed by atoms with van der Waals surface area (Å²) in [5, 5.41) is 0. The second-order valence-corrected chi connectivity index (χ2v) is 6.75. The van der Waals surface area contributed by atoms with Gasteiger partial charge in [0.05, 0.1) is 0 Å². The van der Waals surface area contributed by atoms with E-state index < -0.39 is 0 Å². The van der Waals surface area contributed by atoms with Crippen LogP contribution >= 0.6 is 35.6 Å². The summed E-state index contributed by atoms with van der Waals surface area (Å²) in [6.07, 6.45) is 1.16. The van der Waals surface area contributed by atoms with Crippen LogP contribution in [0.25, 0.3) is 0 Å². The van der Waals surface area contributed by atoms with Gasteiger partial charge < -0.3 is 4.90 Å². The van der Waals surface area contributed by atoms with Gasteiger partial charge in [-0.1, -0.05) is 61.2 Å². The van der Waals surface area contributed by atoms with E-state index in [0.717, 1.165) is 29.6 Å². The average Bonchev–Trinajstić information content (AvgIpc) is 2.33. The molecule has 1 saturated heterocycles. The van der Waals surface area contributed by atoms with Gasteiger partial charge in [0, 0.05) is 13.1 Å². The Bertz CT molecular complexity index is 388. The van der Waals surface area contributed by atoms with Gasteiger partial charge in [-0.05, 0) is 17.7 Å². The third kappa shape index (κ3) is 2.95. The molecule has 0 spiro atoms. The normalized spacial score (nSPS) is 17.6. The van der Waals surface area contributed by atoms with Crippen LogP contribution in [0.3, 0.4) is 0 Å². The maximum Gasteiger partial charge on any atom is 0.136 e. The van der Waals surface area contributed by atoms with E-state index in [4.69, 9.17) is 23.8 Å². The lowest BCUT2D eigenvalue weighted by Gasteiger charge is -2.47. The number of thioether (sulfide) groups is 1. The zero-order valence-corrected chi connectivity index (χ0v) is 12.2. The smallest absolute Gasteiger partial charge is 0.136 e. The number of alkyl halides is 1. The molecule has 1 aliphatic rings. The van der Waals surface area contributed by atoms with E-state index in [1.54, 1.807) is 11.8 Å². The van der Waals surface area contributed by atoms with Crippen LogP contribution in [0.4, 0.5) is 0 Å². The Balaban J connectivity index is 1.91. The number of nitrogens with zero attached hydrogens (tertiary/aromatic N) is 1. The molecule has 1 aliphatic heterocycles. The van der Waals surface area contributed by atoms with Gasteiger partial charge >= 0.3 is 0 Å². The van der Waals surface area contributed by atoms with Crippen molar-refractivity contribution in [3.63, 3.8) is 0 Å². The first-order valence-electron chi connectivity index (χ1n) is 5.82. The van der Waals surface area contributed by atoms with Gasteiger partial charge in [0.15, 0.2) is 0 Å². The molecule has 1 aromatic rings. The zero-order chi connectivity index (χ0) is 12.3. The number of hydrogen-bond donors (Lipinski definition) is 0. The number of likely N-dealkylation sites (tertiary alicyclic amines) is 1. The highest BCUT2D eigenvalue weighted by Crippen LogP contribution is 2.39. The predicted octanol–water partition coefficient (Wildman–Crippen LogP) is 3.86. The highest BCUT2D eigenvalue weighted by Gasteiger charge is 2.43. The van der Waals surface area contributed by atoms with Crippen molar-refractivity contribution in [2.45, 2.75) is 18.2 Å². The van der Waals surface area contributed by atoms with E-state index in [9.17, 15) is 0 Å². The Labute approximate surface area is 118 Å². The molecular weight excluding hydrogens is 270 g/mol. The summed E-state index contributed by atoms with van der Waals surface area (Å²) in [7, 11) is 0. The van der Waals surface area contributed by atoms with Crippen molar-refractivity contribution < 1.29 is 0 Å². The van der Waals surface area contributed by atoms with Crippen LogP contribution in [0, 0.1) is 0 Å². The minimum atomic E-state index is -0.238. The first-order valence-corrected chi connectivity index (χ1v) is 7.59. The van der Waals surface area contributed by atoms with Crippen LogP contribution in [0.1, 0.15) is 18.9 Å². The van der Waals surface area contributed by atoms with Crippen molar-refractivity contribution in [2.24, 2.45) is 0 Å². The predicted molar refractivity (Wildman–Crippen MR) is 80.9 cm³/mol. The molecule has 4 heteroatoms. The van der Waals surface area contributed by atoms with Crippen LogP contribution in [-0.2, 0) is 4.87 Å². The maximum absolute atomic E-state index is 6.60. The molecular formula is C13H16ClNS2. The molecule has 1 nitrogen and oxygen atoms in total. The van der Waals surface area contributed by atoms with Crippen molar-refractivity contribution >= 4 is 39.9 Å². The SMILES string of the molecule is CCCSC(=S)N1CC(Cl)(c2ccccc2)C1. The van der Waals surface area contributed by atoms with Crippen LogP contribution in [-0.4, -0.2) is 28.1 Å². The summed E-state index contributed by atoms with van der Waals surface area (Å²) in [5.74, 6) is 1.09. The number of thiocarbonyl (C=S) groups is 1. The summed E-state index contributed by atoms with van der Waals surface area (Å²) >= 11 is 13.7. The molecule has 0 radical (unpaired) electrons. The molecule has 17 heavy (non-hydrogen) atoms. The lowest BCUT2D eigenvalue weighted by atomic mass is 9.91. The lowest BCUT2D eigenvalue weighted by molar-refractivity contribution is 0.224. The summed E-state index contributed by atoms with van der Waals surface area (Å²) in [5.41, 5.74) is 1.20. The van der Waals surface area contributed by atoms with Gasteiger partial charge in [0.1, 0.15) is 9.19 Å². The molecule has 1 aromatic carbocycles. The monoisotopic (exact) mass is 285 g/mol. The zero-order valence-electron chi connectivity index (χ0n) is 9.86. The molecule has 92 valence electrons. The summed E-state index contributed by atoms with van der Waals surface area (Å²) in [6.45, 7) is 3.82. The van der Waals surface area contributed by atoms with E-state index in [2.05, 4.69) is 24.0 Å². The van der Waals surface area contributed by atoms with Crippen LogP contribution in [0.5, 0.6) is 0 Å². The summed E-state index contributed by atoms with van der Waals surface area (Å²) < 4.78 is 0.985. The van der Waals surface area contributed by atoms with E-state index in [1.807, 2.05) is 18.2 Å². The van der Waals surface area contributed by atoms with Gasteiger partial charge in [0.25, 0.3) is 0 Å². The average molecular weight is 286 g/mol. The number of benzene rings is 1. The molecule has 0 N–H and O–H groups in total. The van der Waals surface area contributed by atoms with Crippen molar-refractivity contribution in [2.75, 3.05) is 18.8 Å². The van der Waals surface area contributed by atoms with E-state index in [1.165, 1.54) is 5.56 Å². The van der Waals surface area contributed by atoms with Crippen molar-refractivity contribution in [1.82, 2.24) is 4.90 Å². The second-order valence-electron chi connectivity index (χ2n) is 4.30. The molecule has 0 saturated carbocycles. The maximum atomic E-state index is 6.60. The van der Waals surface area contributed by atoms with Crippen LogP contribution in [0.15, 0.2) is 30.3 Å². The highest BCUT2D eigenvalue weighted by molar-refractivity contribution is 8.22. The molecule has 0 bridgehead atoms. The quantitative estimate of drug-likeness (QED) is 0.613. The van der Waals surface area contributed by atoms with Crippen LogP contribution in [0.2, 0.25) is 0 Å². The number of halogens is 1. The molecule has 0 unspecified atom stereocenters. The largest absolute Gasteiger partial charge is 0.353 e. The standard InChI is InChI=1S/C13H16ClNS2/c1-2-8-17-12(16)15-9-13(14,10-15)11-6-4-3-5-7-11/h3-7H,2,8-10H2,1H3. The second kappa shape index (κ2) is 5.59. The van der Waals surface area contributed by atoms with E-state index in [0.29, 0.717) is 0 Å². The first-order chi connectivity index (χ1) is 8.15. The lowest BCUT2D eigenvalue weighted by Crippen LogP contribution is -2.57. The fraction of sp³-hybridized carbons (Fsp3) is 0.462. The molecule has 0 aliphatic carbocycles. The van der Waals surface area contributed by atoms with Gasteiger partial charge in [-0.25, -0.2) is 0 Å². The number of hydrogen-bond acceptors (Lipinski definition) is 2. The molecule has 0 atom stereocenters. The van der Waals surface area contributed by atoms with Gasteiger partial charge in [0.2, 0.25) is 0 Å². The topological polar surface area (TPSA) is 3.24 Å². The Hall–Kier alpha value is -0.250. The third-order valence-electron chi connectivity index (χ3n) is 2.86. The van der Waals surface area contributed by atoms with Crippen molar-refractivity contribution in [3.8, 4) is 0 Å². The van der Waals surface area contributed by atoms with Gasteiger partial charge in [-0.3, -0.25) is 0 Å². The summed E-state index contributed by atoms with van der Waals surface area (Å²) in [6, 6.07) is 10.3. The van der Waals surface area contributed by atoms with Crippen LogP contribution < -0.4 is 0 Å². The molecule has 2 rings (SSSR count). The Morgan fingerprint density at radius 3 is 2.65 bits per heavy atom. The fourth-order valence-electron chi connectivity index (χ4n) is 1.89. The van der Waals surface area contributed by atoms with Gasteiger partial charge in [-0.2, -0.15) is 0 Å². The Morgan fingerprint density at radius 1 is 1.41 bits per heavy atom. The Kier molecular flexibility index (Phi) is 4.34. The number of rotatable bonds is 3. The highest BCUT2D eigenvalue weighted by atomic mass is 35.5. The molecule has 0 amide bonds. The summed E-state index contributed by atoms with van der Waals surface area (Å²) in [4.78, 5) is 1.95. The Morgan fingerprint density at radius 2 is 2.06 bits per heavy atom. The van der Waals surface area contributed by atoms with E-state index in [-0.39, 0.29) is 4.87 Å². The first kappa shape index (κ1) is 13.2. The van der Waals surface area contributed by atoms with Crippen molar-refractivity contribution in [3.05, 3.63) is 35.9 Å². The van der Waals surface area contributed by atoms with Crippen molar-refractivity contribution in [1.29, 1.82) is 0 Å². The minimum absolute atomic E-state index is 0.238. The third-order valence-corrected chi connectivity index (χ3v) is 5.05. The van der Waals surface area contributed by atoms with Gasteiger partial charge in [-0.15, -0.1) is 11.6 Å². The molecule has 1 fully saturated rings. The molecule has 1 heterocycles. The fourth-order valence-corrected chi connectivity index (χ4v) is 3.37. The molecule has 0 aromatic heterocycles. The van der Waals surface area contributed by atoms with E-state index >= 15 is 0 Å². The minimum Gasteiger partial charge on any atom is -0.353 e.